The first kappa shape index (κ1) is 17.0. The highest BCUT2D eigenvalue weighted by molar-refractivity contribution is 7.98. The number of para-hydroxylation sites is 2. The molecule has 2 rings (SSSR count). The second-order valence-electron chi connectivity index (χ2n) is 5.13. The van der Waals surface area contributed by atoms with E-state index in [0.717, 1.165) is 56.5 Å². The fourth-order valence-electron chi connectivity index (χ4n) is 2.46. The van der Waals surface area contributed by atoms with E-state index >= 15 is 0 Å². The van der Waals surface area contributed by atoms with Crippen LogP contribution in [-0.2, 0) is 4.74 Å². The monoisotopic (exact) mass is 322 g/mol. The number of hydrogen-bond acceptors (Lipinski definition) is 4. The fourth-order valence-corrected chi connectivity index (χ4v) is 2.86. The van der Waals surface area contributed by atoms with E-state index in [1.165, 1.54) is 0 Å². The number of guanidine groups is 1. The Bertz CT molecular complexity index is 489. The van der Waals surface area contributed by atoms with Crippen molar-refractivity contribution in [3.8, 4) is 0 Å². The van der Waals surface area contributed by atoms with E-state index in [1.54, 1.807) is 0 Å². The summed E-state index contributed by atoms with van der Waals surface area (Å²) >= 11 is 1.82. The normalized spacial score (nSPS) is 15.9. The molecule has 1 aliphatic heterocycles. The molecule has 22 heavy (non-hydrogen) atoms. The van der Waals surface area contributed by atoms with Gasteiger partial charge in [-0.15, -0.1) is 0 Å². The Labute approximate surface area is 137 Å². The molecule has 0 spiro atoms. The number of morpholine rings is 1. The standard InChI is InChI=1S/C16H26N4OS/c1-3-19(10-13-22-2)16(17)18-14-6-4-5-7-15(14)20-8-11-21-12-9-20/h4-7H,3,8-13H2,1-2H3,(H2,17,18). The smallest absolute Gasteiger partial charge is 0.196 e. The Morgan fingerprint density at radius 3 is 2.77 bits per heavy atom. The lowest BCUT2D eigenvalue weighted by atomic mass is 10.2. The van der Waals surface area contributed by atoms with Gasteiger partial charge >= 0.3 is 0 Å². The van der Waals surface area contributed by atoms with Crippen molar-refractivity contribution < 1.29 is 4.74 Å². The molecule has 1 heterocycles. The van der Waals surface area contributed by atoms with Gasteiger partial charge in [-0.25, -0.2) is 4.99 Å². The summed E-state index contributed by atoms with van der Waals surface area (Å²) < 4.78 is 5.43. The van der Waals surface area contributed by atoms with Crippen LogP contribution in [-0.4, -0.2) is 62.3 Å². The number of nitrogens with two attached hydrogens (primary N) is 1. The number of benzene rings is 1. The zero-order chi connectivity index (χ0) is 15.8. The quantitative estimate of drug-likeness (QED) is 0.642. The van der Waals surface area contributed by atoms with Crippen molar-refractivity contribution in [1.29, 1.82) is 0 Å². The van der Waals surface area contributed by atoms with Crippen LogP contribution in [0.5, 0.6) is 0 Å². The molecule has 0 aromatic heterocycles. The average molecular weight is 322 g/mol. The molecular weight excluding hydrogens is 296 g/mol. The second-order valence-corrected chi connectivity index (χ2v) is 6.12. The van der Waals surface area contributed by atoms with Crippen LogP contribution in [0.1, 0.15) is 6.92 Å². The van der Waals surface area contributed by atoms with Crippen LogP contribution >= 0.6 is 11.8 Å². The van der Waals surface area contributed by atoms with Gasteiger partial charge in [0, 0.05) is 31.9 Å². The molecule has 2 N–H and O–H groups in total. The zero-order valence-electron chi connectivity index (χ0n) is 13.5. The molecule has 0 radical (unpaired) electrons. The summed E-state index contributed by atoms with van der Waals surface area (Å²) in [5, 5.41) is 0. The summed E-state index contributed by atoms with van der Waals surface area (Å²) in [4.78, 5) is 9.12. The number of aliphatic imine (C=N–C) groups is 1. The van der Waals surface area contributed by atoms with Gasteiger partial charge in [-0.1, -0.05) is 12.1 Å². The predicted octanol–water partition coefficient (Wildman–Crippen LogP) is 2.15. The van der Waals surface area contributed by atoms with E-state index < -0.39 is 0 Å². The van der Waals surface area contributed by atoms with Gasteiger partial charge in [-0.05, 0) is 25.3 Å². The largest absolute Gasteiger partial charge is 0.378 e. The van der Waals surface area contributed by atoms with E-state index in [2.05, 4.69) is 34.0 Å². The van der Waals surface area contributed by atoms with E-state index in [4.69, 9.17) is 10.5 Å². The lowest BCUT2D eigenvalue weighted by molar-refractivity contribution is 0.123. The first-order valence-corrected chi connectivity index (χ1v) is 9.15. The molecule has 1 aromatic rings. The van der Waals surface area contributed by atoms with Crippen molar-refractivity contribution in [3.05, 3.63) is 24.3 Å². The number of thioether (sulfide) groups is 1. The maximum Gasteiger partial charge on any atom is 0.196 e. The van der Waals surface area contributed by atoms with Crippen LogP contribution in [0.2, 0.25) is 0 Å². The van der Waals surface area contributed by atoms with Gasteiger partial charge in [0.05, 0.1) is 24.6 Å². The van der Waals surface area contributed by atoms with Crippen molar-refractivity contribution in [3.63, 3.8) is 0 Å². The van der Waals surface area contributed by atoms with Crippen LogP contribution in [0.4, 0.5) is 11.4 Å². The van der Waals surface area contributed by atoms with E-state index in [1.807, 2.05) is 30.0 Å². The third-order valence-corrected chi connectivity index (χ3v) is 4.33. The first-order chi connectivity index (χ1) is 10.8. The van der Waals surface area contributed by atoms with Crippen LogP contribution in [0.3, 0.4) is 0 Å². The van der Waals surface area contributed by atoms with Crippen LogP contribution in [0.25, 0.3) is 0 Å². The minimum Gasteiger partial charge on any atom is -0.378 e. The Kier molecular flexibility index (Phi) is 6.86. The maximum atomic E-state index is 6.22. The second kappa shape index (κ2) is 8.90. The van der Waals surface area contributed by atoms with Gasteiger partial charge in [-0.3, -0.25) is 0 Å². The number of anilines is 1. The van der Waals surface area contributed by atoms with Crippen molar-refractivity contribution in [2.24, 2.45) is 10.7 Å². The summed E-state index contributed by atoms with van der Waals surface area (Å²) in [5.41, 5.74) is 8.29. The third kappa shape index (κ3) is 4.55. The maximum absolute atomic E-state index is 6.22. The Balaban J connectivity index is 2.18. The van der Waals surface area contributed by atoms with Crippen molar-refractivity contribution >= 4 is 29.1 Å². The molecule has 5 nitrogen and oxygen atoms in total. The van der Waals surface area contributed by atoms with Crippen molar-refractivity contribution in [1.82, 2.24) is 4.90 Å². The van der Waals surface area contributed by atoms with E-state index in [9.17, 15) is 0 Å². The molecule has 6 heteroatoms. The number of rotatable bonds is 6. The predicted molar refractivity (Wildman–Crippen MR) is 96.4 cm³/mol. The van der Waals surface area contributed by atoms with Crippen LogP contribution in [0.15, 0.2) is 29.3 Å². The molecule has 0 atom stereocenters. The lowest BCUT2D eigenvalue weighted by Crippen LogP contribution is -2.39. The highest BCUT2D eigenvalue weighted by atomic mass is 32.2. The van der Waals surface area contributed by atoms with Gasteiger partial charge in [0.25, 0.3) is 0 Å². The number of ether oxygens (including phenoxy) is 1. The Morgan fingerprint density at radius 1 is 1.36 bits per heavy atom. The molecule has 1 saturated heterocycles. The van der Waals surface area contributed by atoms with E-state index in [0.29, 0.717) is 5.96 Å². The first-order valence-electron chi connectivity index (χ1n) is 7.76. The van der Waals surface area contributed by atoms with Crippen LogP contribution in [0, 0.1) is 0 Å². The summed E-state index contributed by atoms with van der Waals surface area (Å²) in [5.74, 6) is 1.65. The van der Waals surface area contributed by atoms with Gasteiger partial charge in [0.1, 0.15) is 0 Å². The molecule has 1 aliphatic rings. The van der Waals surface area contributed by atoms with Crippen LogP contribution < -0.4 is 10.6 Å². The average Bonchev–Trinajstić information content (AvgIpc) is 2.57. The molecule has 0 saturated carbocycles. The highest BCUT2D eigenvalue weighted by Gasteiger charge is 2.15. The lowest BCUT2D eigenvalue weighted by Gasteiger charge is -2.30. The zero-order valence-corrected chi connectivity index (χ0v) is 14.3. The Hall–Kier alpha value is -1.40. The SMILES string of the molecule is CCN(CCSC)C(N)=Nc1ccccc1N1CCOCC1. The van der Waals surface area contributed by atoms with Gasteiger partial charge in [0.2, 0.25) is 0 Å². The molecule has 122 valence electrons. The number of hydrogen-bond donors (Lipinski definition) is 1. The van der Waals surface area contributed by atoms with Gasteiger partial charge in [0.15, 0.2) is 5.96 Å². The minimum atomic E-state index is 0.595. The highest BCUT2D eigenvalue weighted by Crippen LogP contribution is 2.29. The molecular formula is C16H26N4OS. The summed E-state index contributed by atoms with van der Waals surface area (Å²) in [6.45, 7) is 7.23. The van der Waals surface area contributed by atoms with E-state index in [-0.39, 0.29) is 0 Å². The molecule has 1 fully saturated rings. The summed E-state index contributed by atoms with van der Waals surface area (Å²) in [6.07, 6.45) is 2.11. The van der Waals surface area contributed by atoms with Crippen molar-refractivity contribution in [2.45, 2.75) is 6.92 Å². The van der Waals surface area contributed by atoms with Gasteiger partial charge in [-0.2, -0.15) is 11.8 Å². The molecule has 0 unspecified atom stereocenters. The molecule has 1 aromatic carbocycles. The Morgan fingerprint density at radius 2 is 2.09 bits per heavy atom. The topological polar surface area (TPSA) is 54.1 Å². The summed E-state index contributed by atoms with van der Waals surface area (Å²) in [7, 11) is 0. The summed E-state index contributed by atoms with van der Waals surface area (Å²) in [6, 6.07) is 8.19. The molecule has 0 amide bonds. The van der Waals surface area contributed by atoms with Crippen molar-refractivity contribution in [2.75, 3.05) is 56.3 Å². The number of nitrogens with zero attached hydrogens (tertiary/aromatic N) is 3. The fraction of sp³-hybridized carbons (Fsp3) is 0.562. The van der Waals surface area contributed by atoms with Gasteiger partial charge < -0.3 is 20.3 Å². The third-order valence-electron chi connectivity index (χ3n) is 3.74. The molecule has 0 bridgehead atoms. The minimum absolute atomic E-state index is 0.595. The molecule has 0 aliphatic carbocycles.